The van der Waals surface area contributed by atoms with Crippen molar-refractivity contribution >= 4 is 10.8 Å². The molecule has 0 saturated carbocycles. The minimum atomic E-state index is -0.985. The van der Waals surface area contributed by atoms with Crippen LogP contribution in [0.1, 0.15) is 33.6 Å². The molecule has 0 bridgehead atoms. The van der Waals surface area contributed by atoms with E-state index in [1.165, 1.54) is 0 Å². The minimum Gasteiger partial charge on any atom is -0.258 e. The molecule has 0 N–H and O–H groups in total. The smallest absolute Gasteiger partial charge is 0.131 e. The maximum Gasteiger partial charge on any atom is 0.131 e. The Hall–Kier alpha value is -0.360. The van der Waals surface area contributed by atoms with Crippen LogP contribution in [0.5, 0.6) is 0 Å². The topological polar surface area (TPSA) is 40.9 Å². The van der Waals surface area contributed by atoms with Crippen LogP contribution in [-0.4, -0.2) is 14.7 Å². The predicted molar refractivity (Wildman–Crippen MR) is 47.6 cm³/mol. The second kappa shape index (κ2) is 4.50. The van der Waals surface area contributed by atoms with E-state index in [4.69, 9.17) is 5.26 Å². The number of hydrogen-bond acceptors (Lipinski definition) is 2. The highest BCUT2D eigenvalue weighted by Crippen LogP contribution is 2.22. The molecule has 64 valence electrons. The van der Waals surface area contributed by atoms with E-state index in [1.807, 2.05) is 20.8 Å². The summed E-state index contributed by atoms with van der Waals surface area (Å²) in [4.78, 5) is 0. The van der Waals surface area contributed by atoms with Gasteiger partial charge in [0.15, 0.2) is 0 Å². The summed E-state index contributed by atoms with van der Waals surface area (Å²) >= 11 is 0. The van der Waals surface area contributed by atoms with Gasteiger partial charge >= 0.3 is 0 Å². The first-order chi connectivity index (χ1) is 5.16. The molecule has 0 fully saturated rings. The van der Waals surface area contributed by atoms with E-state index in [1.54, 1.807) is 0 Å². The van der Waals surface area contributed by atoms with Crippen molar-refractivity contribution in [1.82, 2.24) is 0 Å². The molecular formula is C8H15NOS. The van der Waals surface area contributed by atoms with Gasteiger partial charge in [-0.1, -0.05) is 20.8 Å². The van der Waals surface area contributed by atoms with Crippen molar-refractivity contribution in [3.8, 4) is 6.07 Å². The number of hydrogen-bond donors (Lipinski definition) is 0. The zero-order valence-electron chi connectivity index (χ0n) is 7.39. The molecule has 0 aromatic carbocycles. The highest BCUT2D eigenvalue weighted by atomic mass is 32.2. The summed E-state index contributed by atoms with van der Waals surface area (Å²) in [6, 6.07) is 2.17. The Bertz CT molecular complexity index is 179. The Labute approximate surface area is 71.1 Å². The van der Waals surface area contributed by atoms with Crippen molar-refractivity contribution < 1.29 is 4.21 Å². The predicted octanol–water partition coefficient (Wildman–Crippen LogP) is 1.84. The number of nitrogens with zero attached hydrogens (tertiary/aromatic N) is 1. The molecule has 3 heteroatoms. The van der Waals surface area contributed by atoms with E-state index in [0.717, 1.165) is 0 Å². The largest absolute Gasteiger partial charge is 0.258 e. The van der Waals surface area contributed by atoms with Crippen molar-refractivity contribution in [2.24, 2.45) is 0 Å². The van der Waals surface area contributed by atoms with Crippen LogP contribution < -0.4 is 0 Å². The van der Waals surface area contributed by atoms with Gasteiger partial charge in [-0.3, -0.25) is 4.21 Å². The van der Waals surface area contributed by atoms with Crippen molar-refractivity contribution in [3.63, 3.8) is 0 Å². The molecule has 0 spiro atoms. The van der Waals surface area contributed by atoms with Gasteiger partial charge < -0.3 is 0 Å². The van der Waals surface area contributed by atoms with E-state index >= 15 is 0 Å². The standard InChI is InChI=1S/C8H15NOS/c1-4-8(5-2,7-9)11(10)6-3/h4-6H2,1-3H3. The van der Waals surface area contributed by atoms with E-state index in [2.05, 4.69) is 6.07 Å². The third-order valence-corrected chi connectivity index (χ3v) is 4.11. The number of rotatable bonds is 4. The maximum absolute atomic E-state index is 11.4. The first-order valence-corrected chi connectivity index (χ1v) is 5.28. The van der Waals surface area contributed by atoms with Gasteiger partial charge in [-0.15, -0.1) is 0 Å². The normalized spacial score (nSPS) is 14.0. The van der Waals surface area contributed by atoms with Crippen molar-refractivity contribution in [3.05, 3.63) is 0 Å². The van der Waals surface area contributed by atoms with Gasteiger partial charge in [0.1, 0.15) is 4.75 Å². The zero-order valence-corrected chi connectivity index (χ0v) is 8.20. The molecule has 0 aliphatic heterocycles. The molecule has 0 aromatic heterocycles. The fraction of sp³-hybridized carbons (Fsp3) is 0.875. The molecule has 0 radical (unpaired) electrons. The molecule has 1 unspecified atom stereocenters. The minimum absolute atomic E-state index is 0.579. The van der Waals surface area contributed by atoms with Crippen LogP contribution in [0.3, 0.4) is 0 Å². The summed E-state index contributed by atoms with van der Waals surface area (Å²) in [6.07, 6.45) is 1.36. The first kappa shape index (κ1) is 10.6. The summed E-state index contributed by atoms with van der Waals surface area (Å²) in [5, 5.41) is 8.84. The highest BCUT2D eigenvalue weighted by Gasteiger charge is 2.31. The quantitative estimate of drug-likeness (QED) is 0.651. The molecule has 0 aliphatic carbocycles. The molecule has 0 aliphatic rings. The van der Waals surface area contributed by atoms with Gasteiger partial charge in [-0.05, 0) is 12.8 Å². The van der Waals surface area contributed by atoms with Crippen LogP contribution in [0.2, 0.25) is 0 Å². The fourth-order valence-corrected chi connectivity index (χ4v) is 2.36. The Kier molecular flexibility index (Phi) is 4.36. The van der Waals surface area contributed by atoms with Crippen LogP contribution >= 0.6 is 0 Å². The average molecular weight is 173 g/mol. The van der Waals surface area contributed by atoms with Gasteiger partial charge in [0.25, 0.3) is 0 Å². The van der Waals surface area contributed by atoms with Crippen LogP contribution in [-0.2, 0) is 10.8 Å². The Balaban J connectivity index is 4.57. The van der Waals surface area contributed by atoms with Crippen LogP contribution in [0.25, 0.3) is 0 Å². The summed E-state index contributed by atoms with van der Waals surface area (Å²) in [7, 11) is -0.985. The van der Waals surface area contributed by atoms with Crippen LogP contribution in [0.4, 0.5) is 0 Å². The molecule has 0 aromatic rings. The van der Waals surface area contributed by atoms with Crippen LogP contribution in [0.15, 0.2) is 0 Å². The average Bonchev–Trinajstić information content (AvgIpc) is 2.08. The fourth-order valence-electron chi connectivity index (χ4n) is 1.06. The van der Waals surface area contributed by atoms with Gasteiger partial charge in [-0.2, -0.15) is 5.26 Å². The lowest BCUT2D eigenvalue weighted by Gasteiger charge is -2.21. The van der Waals surface area contributed by atoms with E-state index in [0.29, 0.717) is 18.6 Å². The summed E-state index contributed by atoms with van der Waals surface area (Å²) in [5.74, 6) is 0.579. The molecule has 0 rings (SSSR count). The van der Waals surface area contributed by atoms with Crippen molar-refractivity contribution in [2.75, 3.05) is 5.75 Å². The van der Waals surface area contributed by atoms with Gasteiger partial charge in [0.2, 0.25) is 0 Å². The highest BCUT2D eigenvalue weighted by molar-refractivity contribution is 7.86. The van der Waals surface area contributed by atoms with Crippen molar-refractivity contribution in [2.45, 2.75) is 38.4 Å². The molecular weight excluding hydrogens is 158 g/mol. The van der Waals surface area contributed by atoms with Crippen molar-refractivity contribution in [1.29, 1.82) is 5.26 Å². The Morgan fingerprint density at radius 1 is 1.36 bits per heavy atom. The van der Waals surface area contributed by atoms with E-state index < -0.39 is 15.5 Å². The molecule has 0 heterocycles. The number of nitriles is 1. The lowest BCUT2D eigenvalue weighted by molar-refractivity contribution is 0.611. The lowest BCUT2D eigenvalue weighted by Crippen LogP contribution is -2.31. The van der Waals surface area contributed by atoms with E-state index in [-0.39, 0.29) is 0 Å². The second-order valence-corrected chi connectivity index (χ2v) is 4.50. The van der Waals surface area contributed by atoms with Gasteiger partial charge in [0, 0.05) is 16.6 Å². The van der Waals surface area contributed by atoms with E-state index in [9.17, 15) is 4.21 Å². The summed E-state index contributed by atoms with van der Waals surface area (Å²) < 4.78 is 10.8. The van der Waals surface area contributed by atoms with Gasteiger partial charge in [-0.25, -0.2) is 0 Å². The third-order valence-electron chi connectivity index (χ3n) is 2.04. The molecule has 11 heavy (non-hydrogen) atoms. The van der Waals surface area contributed by atoms with Gasteiger partial charge in [0.05, 0.1) is 6.07 Å². The monoisotopic (exact) mass is 173 g/mol. The zero-order chi connectivity index (χ0) is 8.91. The Morgan fingerprint density at radius 2 is 1.82 bits per heavy atom. The summed E-state index contributed by atoms with van der Waals surface area (Å²) in [5.41, 5.74) is 0. The summed E-state index contributed by atoms with van der Waals surface area (Å²) in [6.45, 7) is 5.69. The molecule has 0 amide bonds. The lowest BCUT2D eigenvalue weighted by atomic mass is 10.1. The SMILES string of the molecule is CCS(=O)C(C#N)(CC)CC. The Morgan fingerprint density at radius 3 is 1.91 bits per heavy atom. The second-order valence-electron chi connectivity index (χ2n) is 2.45. The third kappa shape index (κ3) is 2.03. The van der Waals surface area contributed by atoms with Crippen LogP contribution in [0, 0.1) is 11.3 Å². The molecule has 1 atom stereocenters. The molecule has 2 nitrogen and oxygen atoms in total. The maximum atomic E-state index is 11.4. The first-order valence-electron chi connectivity index (χ1n) is 3.96. The molecule has 0 saturated heterocycles.